The van der Waals surface area contributed by atoms with E-state index in [9.17, 15) is 4.79 Å². The Hall–Kier alpha value is -2.88. The molecule has 2 bridgehead atoms. The Balaban J connectivity index is 1.61. The van der Waals surface area contributed by atoms with Crippen LogP contribution in [-0.2, 0) is 11.3 Å². The molecule has 1 amide bonds. The normalized spacial score (nSPS) is 25.0. The Bertz CT molecular complexity index is 990. The minimum atomic E-state index is -0.490. The molecule has 1 unspecified atom stereocenters. The highest BCUT2D eigenvalue weighted by atomic mass is 16.2. The molecule has 0 saturated heterocycles. The Kier molecular flexibility index (Phi) is 3.51. The van der Waals surface area contributed by atoms with Gasteiger partial charge in [0.1, 0.15) is 5.82 Å². The first-order valence-corrected chi connectivity index (χ1v) is 9.64. The molecule has 4 nitrogen and oxygen atoms in total. The van der Waals surface area contributed by atoms with Crippen molar-refractivity contribution in [3.63, 3.8) is 0 Å². The van der Waals surface area contributed by atoms with Crippen LogP contribution in [0, 0.1) is 5.41 Å². The van der Waals surface area contributed by atoms with Crippen LogP contribution in [0.1, 0.15) is 54.4 Å². The Morgan fingerprint density at radius 3 is 2.26 bits per heavy atom. The smallest absolute Gasteiger partial charge is 0.232 e. The van der Waals surface area contributed by atoms with E-state index in [0.717, 1.165) is 18.8 Å². The summed E-state index contributed by atoms with van der Waals surface area (Å²) in [7, 11) is 0. The third-order valence-corrected chi connectivity index (χ3v) is 6.41. The second-order valence-electron chi connectivity index (χ2n) is 7.85. The fourth-order valence-electron chi connectivity index (χ4n) is 5.14. The first kappa shape index (κ1) is 16.3. The summed E-state index contributed by atoms with van der Waals surface area (Å²) in [4.78, 5) is 13.5. The van der Waals surface area contributed by atoms with E-state index in [-0.39, 0.29) is 17.7 Å². The highest BCUT2D eigenvalue weighted by Gasteiger charge is 2.53. The van der Waals surface area contributed by atoms with Gasteiger partial charge in [0, 0.05) is 24.4 Å². The number of rotatable bonds is 3. The topological polar surface area (TPSA) is 46.9 Å². The van der Waals surface area contributed by atoms with Crippen molar-refractivity contribution in [1.29, 1.82) is 0 Å². The lowest BCUT2D eigenvalue weighted by atomic mass is 9.52. The Morgan fingerprint density at radius 2 is 1.67 bits per heavy atom. The summed E-state index contributed by atoms with van der Waals surface area (Å²) in [6.07, 6.45) is 2.57. The van der Waals surface area contributed by atoms with Crippen LogP contribution >= 0.6 is 0 Å². The fraction of sp³-hybridized carbons (Fsp3) is 0.304. The molecule has 27 heavy (non-hydrogen) atoms. The summed E-state index contributed by atoms with van der Waals surface area (Å²) in [6.45, 7) is 4.88. The average molecular weight is 357 g/mol. The molecular formula is C23H23N3O. The number of anilines is 1. The van der Waals surface area contributed by atoms with Gasteiger partial charge >= 0.3 is 0 Å². The van der Waals surface area contributed by atoms with E-state index in [0.29, 0.717) is 0 Å². The first-order valence-electron chi connectivity index (χ1n) is 9.64. The zero-order chi connectivity index (χ0) is 18.6. The summed E-state index contributed by atoms with van der Waals surface area (Å²) in [6, 6.07) is 19.1. The molecule has 0 saturated carbocycles. The van der Waals surface area contributed by atoms with Crippen molar-refractivity contribution in [2.75, 3.05) is 5.32 Å². The minimum absolute atomic E-state index is 0.0768. The number of amides is 1. The van der Waals surface area contributed by atoms with E-state index in [1.54, 1.807) is 6.20 Å². The molecule has 0 radical (unpaired) electrons. The van der Waals surface area contributed by atoms with Crippen molar-refractivity contribution in [3.05, 3.63) is 83.0 Å². The maximum atomic E-state index is 13.5. The van der Waals surface area contributed by atoms with Crippen LogP contribution in [0.15, 0.2) is 60.8 Å². The summed E-state index contributed by atoms with van der Waals surface area (Å²) >= 11 is 0. The van der Waals surface area contributed by atoms with Gasteiger partial charge in [-0.2, -0.15) is 5.10 Å². The molecule has 4 heteroatoms. The van der Waals surface area contributed by atoms with E-state index in [4.69, 9.17) is 0 Å². The van der Waals surface area contributed by atoms with Gasteiger partial charge in [0.25, 0.3) is 0 Å². The number of hydrogen-bond donors (Lipinski definition) is 1. The number of nitrogens with zero attached hydrogens (tertiary/aromatic N) is 2. The molecule has 3 aromatic rings. The van der Waals surface area contributed by atoms with Crippen molar-refractivity contribution in [1.82, 2.24) is 9.78 Å². The molecule has 1 N–H and O–H groups in total. The zero-order valence-corrected chi connectivity index (χ0v) is 15.6. The van der Waals surface area contributed by atoms with Crippen molar-refractivity contribution in [2.24, 2.45) is 5.41 Å². The number of nitrogens with one attached hydrogen (secondary N) is 1. The van der Waals surface area contributed by atoms with E-state index >= 15 is 0 Å². The van der Waals surface area contributed by atoms with Crippen LogP contribution < -0.4 is 5.32 Å². The van der Waals surface area contributed by atoms with Crippen molar-refractivity contribution in [2.45, 2.75) is 38.6 Å². The van der Waals surface area contributed by atoms with Crippen LogP contribution in [-0.4, -0.2) is 15.7 Å². The van der Waals surface area contributed by atoms with Crippen LogP contribution in [0.25, 0.3) is 0 Å². The van der Waals surface area contributed by atoms with Gasteiger partial charge in [-0.1, -0.05) is 48.5 Å². The molecule has 1 heterocycles. The van der Waals surface area contributed by atoms with Gasteiger partial charge in [0.05, 0.1) is 11.6 Å². The SMILES string of the molecule is CCn1nccc1NC(=O)C1(C)CC2c3ccccc3C1c1ccccc12. The lowest BCUT2D eigenvalue weighted by molar-refractivity contribution is -0.126. The van der Waals surface area contributed by atoms with Crippen LogP contribution in [0.5, 0.6) is 0 Å². The quantitative estimate of drug-likeness (QED) is 0.749. The molecule has 1 aromatic heterocycles. The number of fused-ring (bicyclic) bond motifs is 1. The number of aromatic nitrogens is 2. The predicted molar refractivity (Wildman–Crippen MR) is 106 cm³/mol. The first-order chi connectivity index (χ1) is 13.1. The lowest BCUT2D eigenvalue weighted by Gasteiger charge is -2.50. The number of benzene rings is 2. The predicted octanol–water partition coefficient (Wildman–Crippen LogP) is 4.53. The molecule has 3 aliphatic carbocycles. The monoisotopic (exact) mass is 357 g/mol. The highest BCUT2D eigenvalue weighted by molar-refractivity contribution is 5.96. The zero-order valence-electron chi connectivity index (χ0n) is 15.6. The number of carbonyl (C=O) groups excluding carboxylic acids is 1. The summed E-state index contributed by atoms with van der Waals surface area (Å²) in [5, 5.41) is 7.44. The molecule has 2 aromatic carbocycles. The van der Waals surface area contributed by atoms with Crippen molar-refractivity contribution >= 4 is 11.7 Å². The third-order valence-electron chi connectivity index (χ3n) is 6.41. The van der Waals surface area contributed by atoms with Crippen LogP contribution in [0.4, 0.5) is 5.82 Å². The number of hydrogen-bond acceptors (Lipinski definition) is 2. The molecule has 3 aliphatic rings. The van der Waals surface area contributed by atoms with E-state index in [2.05, 4.69) is 65.9 Å². The van der Waals surface area contributed by atoms with Gasteiger partial charge < -0.3 is 5.32 Å². The second kappa shape index (κ2) is 5.81. The van der Waals surface area contributed by atoms with Crippen LogP contribution in [0.2, 0.25) is 0 Å². The molecule has 6 rings (SSSR count). The van der Waals surface area contributed by atoms with Crippen LogP contribution in [0.3, 0.4) is 0 Å². The fourth-order valence-corrected chi connectivity index (χ4v) is 5.14. The standard InChI is InChI=1S/C23H23N3O/c1-3-26-20(12-13-24-26)25-22(27)23(2)14-19-15-8-4-6-10-17(15)21(23)18-11-7-5-9-16(18)19/h4-13,19,21H,3,14H2,1-2H3,(H,25,27). The van der Waals surface area contributed by atoms with E-state index < -0.39 is 5.41 Å². The van der Waals surface area contributed by atoms with Gasteiger partial charge in [-0.05, 0) is 42.5 Å². The summed E-state index contributed by atoms with van der Waals surface area (Å²) < 4.78 is 1.82. The summed E-state index contributed by atoms with van der Waals surface area (Å²) in [5.74, 6) is 1.20. The van der Waals surface area contributed by atoms with Crippen molar-refractivity contribution < 1.29 is 4.79 Å². The van der Waals surface area contributed by atoms with E-state index in [1.807, 2.05) is 17.7 Å². The molecular weight excluding hydrogens is 334 g/mol. The largest absolute Gasteiger partial charge is 0.310 e. The molecule has 136 valence electrons. The average Bonchev–Trinajstić information content (AvgIpc) is 3.15. The minimum Gasteiger partial charge on any atom is -0.310 e. The molecule has 0 spiro atoms. The van der Waals surface area contributed by atoms with Crippen molar-refractivity contribution in [3.8, 4) is 0 Å². The third kappa shape index (κ3) is 2.22. The van der Waals surface area contributed by atoms with Gasteiger partial charge in [-0.3, -0.25) is 4.79 Å². The molecule has 0 fully saturated rings. The second-order valence-corrected chi connectivity index (χ2v) is 7.85. The number of aryl methyl sites for hydroxylation is 1. The molecule has 0 aliphatic heterocycles. The Morgan fingerprint density at radius 1 is 1.07 bits per heavy atom. The summed E-state index contributed by atoms with van der Waals surface area (Å²) in [5.41, 5.74) is 4.87. The van der Waals surface area contributed by atoms with Gasteiger partial charge in [-0.15, -0.1) is 0 Å². The van der Waals surface area contributed by atoms with E-state index in [1.165, 1.54) is 22.3 Å². The molecule has 1 atom stereocenters. The highest BCUT2D eigenvalue weighted by Crippen LogP contribution is 2.61. The lowest BCUT2D eigenvalue weighted by Crippen LogP contribution is -2.47. The van der Waals surface area contributed by atoms with Gasteiger partial charge in [-0.25, -0.2) is 4.68 Å². The number of carbonyl (C=O) groups is 1. The maximum Gasteiger partial charge on any atom is 0.232 e. The van der Waals surface area contributed by atoms with Gasteiger partial charge in [0.2, 0.25) is 5.91 Å². The maximum absolute atomic E-state index is 13.5. The Labute approximate surface area is 159 Å². The van der Waals surface area contributed by atoms with Gasteiger partial charge in [0.15, 0.2) is 0 Å².